The van der Waals surface area contributed by atoms with Crippen LogP contribution in [0.15, 0.2) is 30.6 Å². The number of pyridine rings is 1. The van der Waals surface area contributed by atoms with E-state index < -0.39 is 11.9 Å². The molecule has 0 amide bonds. The van der Waals surface area contributed by atoms with E-state index in [-0.39, 0.29) is 5.82 Å². The molecule has 2 fully saturated rings. The Balaban J connectivity index is 1.69. The van der Waals surface area contributed by atoms with Gasteiger partial charge in [0.15, 0.2) is 11.5 Å². The summed E-state index contributed by atoms with van der Waals surface area (Å²) in [5.41, 5.74) is -0.371. The highest BCUT2D eigenvalue weighted by Crippen LogP contribution is 2.32. The molecule has 2 aliphatic rings. The topological polar surface area (TPSA) is 45.2 Å². The Hall–Kier alpha value is -2.22. The average molecular weight is 363 g/mol. The van der Waals surface area contributed by atoms with Gasteiger partial charge in [-0.25, -0.2) is 9.97 Å². The molecule has 0 N–H and O–H groups in total. The smallest absolute Gasteiger partial charge is 0.354 e. The summed E-state index contributed by atoms with van der Waals surface area (Å²) in [6.07, 6.45) is 2.01. The summed E-state index contributed by atoms with van der Waals surface area (Å²) in [5, 5.41) is 0. The van der Waals surface area contributed by atoms with Crippen molar-refractivity contribution in [2.24, 2.45) is 0 Å². The number of hydrogen-bond donors (Lipinski definition) is 0. The van der Waals surface area contributed by atoms with Crippen LogP contribution in [-0.2, 0) is 6.18 Å². The fourth-order valence-electron chi connectivity index (χ4n) is 3.74. The van der Waals surface area contributed by atoms with Gasteiger partial charge < -0.3 is 4.90 Å². The third-order valence-electron chi connectivity index (χ3n) is 5.10. The van der Waals surface area contributed by atoms with Gasteiger partial charge in [-0.1, -0.05) is 6.42 Å². The summed E-state index contributed by atoms with van der Waals surface area (Å²) in [5.74, 6) is 0.438. The van der Waals surface area contributed by atoms with E-state index in [2.05, 4.69) is 19.9 Å². The standard InChI is InChI=1S/C18H20F3N5/c19-18(20,21)15-11-16(24-17(23-15)13-4-6-22-7-5-13)26-10-9-25-8-2-1-3-14(25)12-26/h4-7,11,14H,1-3,8-10,12H2. The van der Waals surface area contributed by atoms with Gasteiger partial charge in [0.2, 0.25) is 0 Å². The van der Waals surface area contributed by atoms with Gasteiger partial charge in [-0.3, -0.25) is 9.88 Å². The molecule has 0 radical (unpaired) electrons. The van der Waals surface area contributed by atoms with E-state index in [1.807, 2.05) is 4.90 Å². The van der Waals surface area contributed by atoms with Crippen molar-refractivity contribution in [2.45, 2.75) is 31.5 Å². The number of nitrogens with zero attached hydrogens (tertiary/aromatic N) is 5. The molecule has 2 aromatic heterocycles. The van der Waals surface area contributed by atoms with Crippen molar-refractivity contribution in [2.75, 3.05) is 31.1 Å². The van der Waals surface area contributed by atoms with Crippen LogP contribution in [-0.4, -0.2) is 52.1 Å². The van der Waals surface area contributed by atoms with Crippen molar-refractivity contribution in [3.8, 4) is 11.4 Å². The second-order valence-corrected chi connectivity index (χ2v) is 6.80. The van der Waals surface area contributed by atoms with Gasteiger partial charge in [0.1, 0.15) is 5.82 Å². The minimum atomic E-state index is -4.51. The number of piperazine rings is 1. The number of alkyl halides is 3. The summed E-state index contributed by atoms with van der Waals surface area (Å²) in [7, 11) is 0. The molecule has 138 valence electrons. The minimum absolute atomic E-state index is 0.0864. The molecular formula is C18H20F3N5. The van der Waals surface area contributed by atoms with E-state index in [0.717, 1.165) is 25.6 Å². The molecule has 0 aromatic carbocycles. The lowest BCUT2D eigenvalue weighted by Gasteiger charge is -2.44. The second-order valence-electron chi connectivity index (χ2n) is 6.80. The molecule has 4 heterocycles. The molecule has 0 aliphatic carbocycles. The monoisotopic (exact) mass is 363 g/mol. The molecule has 8 heteroatoms. The normalized spacial score (nSPS) is 21.5. The average Bonchev–Trinajstić information content (AvgIpc) is 2.67. The Morgan fingerprint density at radius 1 is 1.00 bits per heavy atom. The molecule has 2 aliphatic heterocycles. The zero-order valence-corrected chi connectivity index (χ0v) is 14.3. The SMILES string of the molecule is FC(F)(F)c1cc(N2CCN3CCCCC3C2)nc(-c2ccncc2)n1. The first-order valence-corrected chi connectivity index (χ1v) is 8.86. The van der Waals surface area contributed by atoms with Crippen LogP contribution in [0.25, 0.3) is 11.4 Å². The molecule has 0 spiro atoms. The maximum absolute atomic E-state index is 13.4. The fraction of sp³-hybridized carbons (Fsp3) is 0.500. The van der Waals surface area contributed by atoms with E-state index in [0.29, 0.717) is 30.5 Å². The van der Waals surface area contributed by atoms with Gasteiger partial charge >= 0.3 is 6.18 Å². The Morgan fingerprint density at radius 3 is 2.58 bits per heavy atom. The molecule has 1 unspecified atom stereocenters. The van der Waals surface area contributed by atoms with Crippen LogP contribution in [0.2, 0.25) is 0 Å². The van der Waals surface area contributed by atoms with Crippen molar-refractivity contribution in [3.05, 3.63) is 36.3 Å². The van der Waals surface area contributed by atoms with Gasteiger partial charge in [-0.05, 0) is 31.5 Å². The molecule has 0 bridgehead atoms. The van der Waals surface area contributed by atoms with Crippen LogP contribution in [0.4, 0.5) is 19.0 Å². The van der Waals surface area contributed by atoms with Crippen molar-refractivity contribution >= 4 is 5.82 Å². The summed E-state index contributed by atoms with van der Waals surface area (Å²) in [4.78, 5) is 16.5. The third kappa shape index (κ3) is 3.51. The minimum Gasteiger partial charge on any atom is -0.354 e. The van der Waals surface area contributed by atoms with Crippen LogP contribution in [0, 0.1) is 0 Å². The number of halogens is 3. The number of hydrogen-bond acceptors (Lipinski definition) is 5. The fourth-order valence-corrected chi connectivity index (χ4v) is 3.74. The van der Waals surface area contributed by atoms with Gasteiger partial charge in [-0.2, -0.15) is 13.2 Å². The second kappa shape index (κ2) is 6.83. The third-order valence-corrected chi connectivity index (χ3v) is 5.10. The molecule has 26 heavy (non-hydrogen) atoms. The maximum atomic E-state index is 13.4. The predicted octanol–water partition coefficient (Wildman–Crippen LogP) is 3.23. The van der Waals surface area contributed by atoms with Crippen molar-refractivity contribution in [1.29, 1.82) is 0 Å². The van der Waals surface area contributed by atoms with Gasteiger partial charge in [0.05, 0.1) is 0 Å². The number of aromatic nitrogens is 3. The Morgan fingerprint density at radius 2 is 1.81 bits per heavy atom. The van der Waals surface area contributed by atoms with Gasteiger partial charge in [-0.15, -0.1) is 0 Å². The number of fused-ring (bicyclic) bond motifs is 1. The highest BCUT2D eigenvalue weighted by Gasteiger charge is 2.35. The number of rotatable bonds is 2. The molecule has 1 atom stereocenters. The quantitative estimate of drug-likeness (QED) is 0.820. The summed E-state index contributed by atoms with van der Waals surface area (Å²) >= 11 is 0. The van der Waals surface area contributed by atoms with E-state index in [1.165, 1.54) is 25.2 Å². The Bertz CT molecular complexity index is 765. The number of piperidine rings is 1. The summed E-state index contributed by atoms with van der Waals surface area (Å²) in [6.45, 7) is 3.34. The van der Waals surface area contributed by atoms with E-state index in [4.69, 9.17) is 0 Å². The highest BCUT2D eigenvalue weighted by atomic mass is 19.4. The summed E-state index contributed by atoms with van der Waals surface area (Å²) in [6, 6.07) is 4.71. The first kappa shape index (κ1) is 17.2. The lowest BCUT2D eigenvalue weighted by molar-refractivity contribution is -0.141. The number of anilines is 1. The molecule has 4 rings (SSSR count). The molecule has 0 saturated carbocycles. The summed E-state index contributed by atoms with van der Waals surface area (Å²) < 4.78 is 40.1. The van der Waals surface area contributed by atoms with Gasteiger partial charge in [0, 0.05) is 49.7 Å². The van der Waals surface area contributed by atoms with Crippen molar-refractivity contribution in [3.63, 3.8) is 0 Å². The molecule has 2 aromatic rings. The van der Waals surface area contributed by atoms with E-state index in [1.54, 1.807) is 12.1 Å². The molecule has 2 saturated heterocycles. The zero-order chi connectivity index (χ0) is 18.1. The van der Waals surface area contributed by atoms with Crippen LogP contribution in [0.1, 0.15) is 25.0 Å². The Labute approximate surface area is 149 Å². The maximum Gasteiger partial charge on any atom is 0.433 e. The van der Waals surface area contributed by atoms with Crippen molar-refractivity contribution < 1.29 is 13.2 Å². The first-order valence-electron chi connectivity index (χ1n) is 8.86. The van der Waals surface area contributed by atoms with Crippen LogP contribution >= 0.6 is 0 Å². The van der Waals surface area contributed by atoms with E-state index in [9.17, 15) is 13.2 Å². The predicted molar refractivity (Wildman–Crippen MR) is 91.7 cm³/mol. The Kier molecular flexibility index (Phi) is 4.52. The van der Waals surface area contributed by atoms with Crippen molar-refractivity contribution in [1.82, 2.24) is 19.9 Å². The highest BCUT2D eigenvalue weighted by molar-refractivity contribution is 5.57. The molecular weight excluding hydrogens is 343 g/mol. The first-order chi connectivity index (χ1) is 12.5. The largest absolute Gasteiger partial charge is 0.433 e. The van der Waals surface area contributed by atoms with Gasteiger partial charge in [0.25, 0.3) is 0 Å². The van der Waals surface area contributed by atoms with Crippen LogP contribution in [0.5, 0.6) is 0 Å². The zero-order valence-electron chi connectivity index (χ0n) is 14.3. The van der Waals surface area contributed by atoms with E-state index >= 15 is 0 Å². The van der Waals surface area contributed by atoms with Crippen LogP contribution in [0.3, 0.4) is 0 Å². The lowest BCUT2D eigenvalue weighted by atomic mass is 9.99. The lowest BCUT2D eigenvalue weighted by Crippen LogP contribution is -2.55. The van der Waals surface area contributed by atoms with Crippen LogP contribution < -0.4 is 4.90 Å². The molecule has 5 nitrogen and oxygen atoms in total.